The predicted octanol–water partition coefficient (Wildman–Crippen LogP) is -1.49. The molecule has 0 rings (SSSR count). The molecule has 0 saturated heterocycles. The molecule has 0 fully saturated rings. The first-order chi connectivity index (χ1) is 2.77. The van der Waals surface area contributed by atoms with Crippen LogP contribution in [-0.2, 0) is 4.99 Å². The zero-order chi connectivity index (χ0) is 4.99. The van der Waals surface area contributed by atoms with Gasteiger partial charge in [-0.2, -0.15) is 5.26 Å². The van der Waals surface area contributed by atoms with Crippen molar-refractivity contribution in [1.82, 2.24) is 0 Å². The van der Waals surface area contributed by atoms with E-state index >= 15 is 0 Å². The maximum absolute atomic E-state index is 7.39. The number of hydrogen-bond acceptors (Lipinski definition) is 3. The predicted molar refractivity (Wildman–Crippen MR) is 27.5 cm³/mol. The molecule has 6 heteroatoms. The Labute approximate surface area is 73.2 Å². The minimum atomic E-state index is -0.308. The van der Waals surface area contributed by atoms with Crippen LogP contribution in [0.25, 0.3) is 0 Å². The third-order valence-electron chi connectivity index (χ3n) is 0.146. The summed E-state index contributed by atoms with van der Waals surface area (Å²) in [6.07, 6.45) is 0. The molecule has 0 bridgehead atoms. The largest absolute Gasteiger partial charge is 2.00 e. The van der Waals surface area contributed by atoms with Crippen LogP contribution in [0.5, 0.6) is 0 Å². The average Bonchev–Trinajstić information content (AvgIpc) is 1.35. The first kappa shape index (κ1) is 10.3. The fraction of sp³-hybridized carbons (Fsp3) is 0. The van der Waals surface area contributed by atoms with Crippen molar-refractivity contribution in [2.24, 2.45) is 16.6 Å². The van der Waals surface area contributed by atoms with Crippen LogP contribution in [-0.4, -0.2) is 49.0 Å². The number of hydrogen-bond donors (Lipinski definition) is 3. The molecule has 0 aliphatic carbocycles. The standard InChI is InChI=1S/CH5N3O2.Ca.2H/c2-1(3)4-6-5;;;/h5H,(H4,2,3,4);;;/q;+2;2*-1. The van der Waals surface area contributed by atoms with Gasteiger partial charge in [-0.25, -0.2) is 4.99 Å². The molecule has 40 valence electrons. The molecule has 0 saturated carbocycles. The van der Waals surface area contributed by atoms with Gasteiger partial charge in [0, 0.05) is 0 Å². The fourth-order valence-electron chi connectivity index (χ4n) is 0.0471. The summed E-state index contributed by atoms with van der Waals surface area (Å²) in [6, 6.07) is 0. The van der Waals surface area contributed by atoms with E-state index in [4.69, 9.17) is 5.26 Å². The van der Waals surface area contributed by atoms with Crippen molar-refractivity contribution in [3.63, 3.8) is 0 Å². The molecule has 0 amide bonds. The molecule has 0 aliphatic heterocycles. The summed E-state index contributed by atoms with van der Waals surface area (Å²) < 4.78 is 0. The fourth-order valence-corrected chi connectivity index (χ4v) is 0.0471. The minimum Gasteiger partial charge on any atom is -1.00 e. The van der Waals surface area contributed by atoms with E-state index in [9.17, 15) is 0 Å². The van der Waals surface area contributed by atoms with Crippen molar-refractivity contribution >= 4 is 43.7 Å². The molecule has 0 aromatic rings. The van der Waals surface area contributed by atoms with E-state index in [2.05, 4.69) is 21.6 Å². The Morgan fingerprint density at radius 3 is 2.14 bits per heavy atom. The van der Waals surface area contributed by atoms with Gasteiger partial charge in [0.1, 0.15) is 0 Å². The minimum absolute atomic E-state index is 0. The molecule has 0 unspecified atom stereocenters. The number of oxime groups is 1. The molecule has 5 N–H and O–H groups in total. The Balaban J connectivity index is -0.0000000417. The second-order valence-electron chi connectivity index (χ2n) is 0.598. The summed E-state index contributed by atoms with van der Waals surface area (Å²) in [7, 11) is 0. The topological polar surface area (TPSA) is 93.9 Å². The summed E-state index contributed by atoms with van der Waals surface area (Å²) in [5.41, 5.74) is 9.29. The van der Waals surface area contributed by atoms with Crippen molar-refractivity contribution in [1.29, 1.82) is 0 Å². The van der Waals surface area contributed by atoms with Crippen LogP contribution in [0, 0.1) is 0 Å². The van der Waals surface area contributed by atoms with Crippen molar-refractivity contribution in [3.8, 4) is 0 Å². The molecule has 5 nitrogen and oxygen atoms in total. The number of guanidine groups is 1. The van der Waals surface area contributed by atoms with Crippen LogP contribution < -0.4 is 11.5 Å². The third kappa shape index (κ3) is 10.7. The second kappa shape index (κ2) is 6.29. The van der Waals surface area contributed by atoms with Crippen molar-refractivity contribution in [2.75, 3.05) is 0 Å². The Morgan fingerprint density at radius 2 is 2.14 bits per heavy atom. The van der Waals surface area contributed by atoms with Gasteiger partial charge in [0.2, 0.25) is 5.96 Å². The van der Waals surface area contributed by atoms with Crippen molar-refractivity contribution in [3.05, 3.63) is 0 Å². The molecular weight excluding hydrogens is 126 g/mol. The van der Waals surface area contributed by atoms with Crippen LogP contribution >= 0.6 is 0 Å². The summed E-state index contributed by atoms with van der Waals surface area (Å²) >= 11 is 0. The first-order valence-corrected chi connectivity index (χ1v) is 1.17. The Morgan fingerprint density at radius 1 is 1.71 bits per heavy atom. The summed E-state index contributed by atoms with van der Waals surface area (Å²) in [4.78, 5) is 3.14. The molecule has 0 aromatic carbocycles. The van der Waals surface area contributed by atoms with Crippen LogP contribution in [0.15, 0.2) is 5.16 Å². The van der Waals surface area contributed by atoms with Gasteiger partial charge in [-0.1, -0.05) is 0 Å². The normalized spacial score (nSPS) is 5.86. The zero-order valence-corrected chi connectivity index (χ0v) is 5.87. The van der Waals surface area contributed by atoms with E-state index < -0.39 is 0 Å². The van der Waals surface area contributed by atoms with Crippen LogP contribution in [0.4, 0.5) is 0 Å². The molecule has 0 heterocycles. The van der Waals surface area contributed by atoms with E-state index in [0.29, 0.717) is 0 Å². The van der Waals surface area contributed by atoms with Crippen LogP contribution in [0.1, 0.15) is 2.85 Å². The van der Waals surface area contributed by atoms with E-state index in [0.717, 1.165) is 0 Å². The monoisotopic (exact) mass is 133 g/mol. The number of nitrogens with two attached hydrogens (primary N) is 2. The maximum Gasteiger partial charge on any atom is 2.00 e. The van der Waals surface area contributed by atoms with Crippen LogP contribution in [0.2, 0.25) is 0 Å². The van der Waals surface area contributed by atoms with Gasteiger partial charge in [0.15, 0.2) is 0 Å². The molecule has 0 radical (unpaired) electrons. The van der Waals surface area contributed by atoms with E-state index in [1.54, 1.807) is 0 Å². The first-order valence-electron chi connectivity index (χ1n) is 1.17. The Kier molecular flexibility index (Phi) is 9.26. The molecule has 0 spiro atoms. The van der Waals surface area contributed by atoms with Gasteiger partial charge in [0.25, 0.3) is 0 Å². The van der Waals surface area contributed by atoms with Gasteiger partial charge in [-0.05, 0) is 5.16 Å². The summed E-state index contributed by atoms with van der Waals surface area (Å²) in [5.74, 6) is -0.308. The van der Waals surface area contributed by atoms with Crippen molar-refractivity contribution in [2.45, 2.75) is 0 Å². The third-order valence-corrected chi connectivity index (χ3v) is 0.146. The summed E-state index contributed by atoms with van der Waals surface area (Å²) in [6.45, 7) is 0. The molecule has 0 atom stereocenters. The zero-order valence-electron chi connectivity index (χ0n) is 5.66. The maximum atomic E-state index is 7.39. The molecule has 7 heavy (non-hydrogen) atoms. The van der Waals surface area contributed by atoms with Gasteiger partial charge < -0.3 is 14.3 Å². The van der Waals surface area contributed by atoms with Gasteiger partial charge in [0.05, 0.1) is 0 Å². The smallest absolute Gasteiger partial charge is 1.00 e. The van der Waals surface area contributed by atoms with E-state index in [1.165, 1.54) is 0 Å². The molecule has 0 aliphatic rings. The SMILES string of the molecule is NC(N)=NOO.[Ca+2].[H-].[H-]. The van der Waals surface area contributed by atoms with E-state index in [-0.39, 0.29) is 46.6 Å². The Hall–Kier alpha value is 0.290. The van der Waals surface area contributed by atoms with Gasteiger partial charge >= 0.3 is 37.7 Å². The average molecular weight is 133 g/mol. The van der Waals surface area contributed by atoms with Gasteiger partial charge in [-0.15, -0.1) is 0 Å². The molecule has 0 aromatic heterocycles. The Bertz CT molecular complexity index is 66.8. The molecular formula is CH7CaN3O2. The van der Waals surface area contributed by atoms with Gasteiger partial charge in [-0.3, -0.25) is 0 Å². The number of rotatable bonds is 1. The van der Waals surface area contributed by atoms with E-state index in [1.807, 2.05) is 0 Å². The second-order valence-corrected chi connectivity index (χ2v) is 0.598. The number of nitrogens with zero attached hydrogens (tertiary/aromatic N) is 1. The van der Waals surface area contributed by atoms with Crippen molar-refractivity contribution < 1.29 is 13.1 Å². The van der Waals surface area contributed by atoms with Crippen LogP contribution in [0.3, 0.4) is 0 Å². The quantitative estimate of drug-likeness (QED) is 0.133. The summed E-state index contributed by atoms with van der Waals surface area (Å²) in [5, 5.41) is 10.0.